The number of rotatable bonds is 5. The van der Waals surface area contributed by atoms with Gasteiger partial charge in [-0.2, -0.15) is 5.10 Å². The van der Waals surface area contributed by atoms with Crippen LogP contribution < -0.4 is 5.32 Å². The van der Waals surface area contributed by atoms with Crippen LogP contribution in [0.1, 0.15) is 12.8 Å². The summed E-state index contributed by atoms with van der Waals surface area (Å²) in [7, 11) is 0. The lowest BCUT2D eigenvalue weighted by molar-refractivity contribution is -0.117. The number of pyridine rings is 2. The quantitative estimate of drug-likeness (QED) is 0.251. The molecule has 1 aliphatic carbocycles. The normalized spacial score (nSPS) is 13.5. The van der Waals surface area contributed by atoms with Gasteiger partial charge < -0.3 is 10.3 Å². The van der Waals surface area contributed by atoms with Crippen LogP contribution in [0.15, 0.2) is 60.9 Å². The number of aromatic nitrogens is 6. The number of carbonyl (C=O) groups excluding carboxylic acids is 1. The molecule has 1 aliphatic rings. The zero-order valence-electron chi connectivity index (χ0n) is 18.7. The first-order chi connectivity index (χ1) is 17.6. The summed E-state index contributed by atoms with van der Waals surface area (Å²) in [5.41, 5.74) is 7.08. The van der Waals surface area contributed by atoms with E-state index in [0.29, 0.717) is 22.7 Å². The van der Waals surface area contributed by atoms with E-state index in [1.165, 1.54) is 11.3 Å². The van der Waals surface area contributed by atoms with E-state index < -0.39 is 0 Å². The molecule has 7 rings (SSSR count). The number of hydrogen-bond donors (Lipinski definition) is 3. The number of aromatic amines is 2. The minimum Gasteiger partial charge on any atom is -0.336 e. The highest BCUT2D eigenvalue weighted by Crippen LogP contribution is 2.36. The number of hydrogen-bond acceptors (Lipinski definition) is 6. The van der Waals surface area contributed by atoms with Gasteiger partial charge >= 0.3 is 0 Å². The van der Waals surface area contributed by atoms with Gasteiger partial charge in [-0.3, -0.25) is 14.9 Å². The maximum atomic E-state index is 12.2. The molecule has 6 aromatic rings. The third-order valence-electron chi connectivity index (χ3n) is 6.23. The van der Waals surface area contributed by atoms with Gasteiger partial charge in [0, 0.05) is 28.1 Å². The average Bonchev–Trinajstić information content (AvgIpc) is 3.30. The fourth-order valence-electron chi connectivity index (χ4n) is 4.27. The Morgan fingerprint density at radius 3 is 2.78 bits per heavy atom. The van der Waals surface area contributed by atoms with Gasteiger partial charge in [-0.15, -0.1) is 11.3 Å². The van der Waals surface area contributed by atoms with E-state index in [1.54, 1.807) is 12.4 Å². The molecule has 0 saturated heterocycles. The number of nitrogens with one attached hydrogen (secondary N) is 3. The summed E-state index contributed by atoms with van der Waals surface area (Å²) >= 11 is 7.69. The van der Waals surface area contributed by atoms with Crippen LogP contribution in [0.3, 0.4) is 0 Å². The van der Waals surface area contributed by atoms with Crippen LogP contribution in [0.2, 0.25) is 4.34 Å². The van der Waals surface area contributed by atoms with Gasteiger partial charge in [-0.1, -0.05) is 23.7 Å². The molecule has 0 atom stereocenters. The topological polar surface area (TPSA) is 112 Å². The second kappa shape index (κ2) is 8.25. The van der Waals surface area contributed by atoms with E-state index in [2.05, 4.69) is 25.5 Å². The molecular formula is C26H18ClN7OS. The van der Waals surface area contributed by atoms with Crippen molar-refractivity contribution in [1.29, 1.82) is 0 Å². The van der Waals surface area contributed by atoms with Crippen LogP contribution in [0.25, 0.3) is 55.3 Å². The number of amides is 1. The summed E-state index contributed by atoms with van der Waals surface area (Å²) < 4.78 is 0.735. The third kappa shape index (κ3) is 3.73. The van der Waals surface area contributed by atoms with Crippen molar-refractivity contribution in [2.45, 2.75) is 12.8 Å². The molecule has 8 nitrogen and oxygen atoms in total. The van der Waals surface area contributed by atoms with Gasteiger partial charge in [-0.05, 0) is 49.2 Å². The number of halogens is 1. The molecule has 1 aromatic carbocycles. The van der Waals surface area contributed by atoms with Crippen molar-refractivity contribution >= 4 is 56.6 Å². The highest BCUT2D eigenvalue weighted by molar-refractivity contribution is 7.19. The molecule has 0 aliphatic heterocycles. The second-order valence-electron chi connectivity index (χ2n) is 8.78. The number of benzene rings is 1. The minimum atomic E-state index is 0.0450. The second-order valence-corrected chi connectivity index (χ2v) is 10.5. The van der Waals surface area contributed by atoms with E-state index in [9.17, 15) is 4.79 Å². The van der Waals surface area contributed by atoms with Gasteiger partial charge in [-0.25, -0.2) is 9.97 Å². The Balaban J connectivity index is 1.28. The molecule has 36 heavy (non-hydrogen) atoms. The van der Waals surface area contributed by atoms with E-state index in [-0.39, 0.29) is 11.8 Å². The Morgan fingerprint density at radius 1 is 1.03 bits per heavy atom. The van der Waals surface area contributed by atoms with Gasteiger partial charge in [0.25, 0.3) is 0 Å². The molecule has 176 valence electrons. The van der Waals surface area contributed by atoms with Gasteiger partial charge in [0.05, 0.1) is 38.5 Å². The van der Waals surface area contributed by atoms with Gasteiger partial charge in [0.1, 0.15) is 5.52 Å². The third-order valence-corrected chi connectivity index (χ3v) is 7.50. The van der Waals surface area contributed by atoms with Crippen LogP contribution in [0.4, 0.5) is 5.69 Å². The van der Waals surface area contributed by atoms with Crippen molar-refractivity contribution in [1.82, 2.24) is 30.1 Å². The Bertz CT molecular complexity index is 1780. The number of thiophene rings is 1. The summed E-state index contributed by atoms with van der Waals surface area (Å²) in [5, 5.41) is 10.5. The molecule has 3 N–H and O–H groups in total. The zero-order valence-corrected chi connectivity index (χ0v) is 20.3. The lowest BCUT2D eigenvalue weighted by Gasteiger charge is -2.06. The summed E-state index contributed by atoms with van der Waals surface area (Å²) in [5.74, 6) is 0.792. The number of nitrogens with zero attached hydrogens (tertiary/aromatic N) is 4. The Hall–Kier alpha value is -4.08. The van der Waals surface area contributed by atoms with E-state index in [1.807, 2.05) is 48.5 Å². The summed E-state index contributed by atoms with van der Waals surface area (Å²) in [6.07, 6.45) is 5.29. The Morgan fingerprint density at radius 2 is 1.94 bits per heavy atom. The fourth-order valence-corrected chi connectivity index (χ4v) is 5.33. The van der Waals surface area contributed by atoms with Gasteiger partial charge in [0.15, 0.2) is 11.5 Å². The van der Waals surface area contributed by atoms with Crippen molar-refractivity contribution in [2.24, 2.45) is 5.92 Å². The molecule has 5 heterocycles. The first-order valence-electron chi connectivity index (χ1n) is 11.5. The predicted octanol–water partition coefficient (Wildman–Crippen LogP) is 6.29. The van der Waals surface area contributed by atoms with E-state index in [4.69, 9.17) is 21.6 Å². The highest BCUT2D eigenvalue weighted by Gasteiger charge is 2.29. The summed E-state index contributed by atoms with van der Waals surface area (Å²) in [6.45, 7) is 0. The first kappa shape index (κ1) is 21.2. The average molecular weight is 512 g/mol. The fraction of sp³-hybridized carbons (Fsp3) is 0.115. The lowest BCUT2D eigenvalue weighted by atomic mass is 10.1. The molecule has 0 bridgehead atoms. The number of para-hydroxylation sites is 1. The van der Waals surface area contributed by atoms with Crippen LogP contribution >= 0.6 is 22.9 Å². The summed E-state index contributed by atoms with van der Waals surface area (Å²) in [6, 6.07) is 15.7. The highest BCUT2D eigenvalue weighted by atomic mass is 35.5. The van der Waals surface area contributed by atoms with Crippen molar-refractivity contribution in [3.63, 3.8) is 0 Å². The molecule has 0 unspecified atom stereocenters. The molecule has 1 amide bonds. The van der Waals surface area contributed by atoms with Crippen LogP contribution in [-0.4, -0.2) is 36.0 Å². The molecule has 1 fully saturated rings. The number of anilines is 1. The smallest absolute Gasteiger partial charge is 0.227 e. The molecule has 10 heteroatoms. The Kier molecular flexibility index (Phi) is 4.86. The molecule has 0 spiro atoms. The van der Waals surface area contributed by atoms with E-state index >= 15 is 0 Å². The minimum absolute atomic E-state index is 0.0450. The van der Waals surface area contributed by atoms with Crippen LogP contribution in [0.5, 0.6) is 0 Å². The zero-order chi connectivity index (χ0) is 24.2. The Labute approximate surface area is 213 Å². The van der Waals surface area contributed by atoms with Crippen molar-refractivity contribution in [2.75, 3.05) is 5.32 Å². The number of H-pyrrole nitrogens is 2. The van der Waals surface area contributed by atoms with Crippen molar-refractivity contribution in [3.05, 3.63) is 65.3 Å². The maximum Gasteiger partial charge on any atom is 0.227 e. The SMILES string of the molecule is O=C(Nc1cncc(-c2ccc3[nH]nc(-c4nc5c(-c6ccc(Cl)s6)cccc5[nH]4)c3n2)c1)C1CC1. The monoisotopic (exact) mass is 511 g/mol. The lowest BCUT2D eigenvalue weighted by Crippen LogP contribution is -2.13. The summed E-state index contributed by atoms with van der Waals surface area (Å²) in [4.78, 5) is 30.7. The number of imidazole rings is 1. The first-order valence-corrected chi connectivity index (χ1v) is 12.7. The molecule has 0 radical (unpaired) electrons. The van der Waals surface area contributed by atoms with Crippen molar-refractivity contribution in [3.8, 4) is 33.2 Å². The maximum absolute atomic E-state index is 12.2. The standard InChI is InChI=1S/C26H18ClN7OS/c27-21-9-8-20(36-21)16-2-1-3-18-22(16)32-25(31-18)24-23-19(33-34-24)7-6-17(30-23)14-10-15(12-28-11-14)29-26(35)13-4-5-13/h1-3,6-13H,4-5H2,(H,29,35)(H,31,32)(H,33,34). The van der Waals surface area contributed by atoms with Crippen LogP contribution in [-0.2, 0) is 4.79 Å². The van der Waals surface area contributed by atoms with Crippen LogP contribution in [0, 0.1) is 5.92 Å². The molecular weight excluding hydrogens is 494 g/mol. The number of fused-ring (bicyclic) bond motifs is 2. The molecule has 1 saturated carbocycles. The predicted molar refractivity (Wildman–Crippen MR) is 142 cm³/mol. The van der Waals surface area contributed by atoms with Crippen molar-refractivity contribution < 1.29 is 4.79 Å². The molecule has 5 aromatic heterocycles. The largest absolute Gasteiger partial charge is 0.336 e. The van der Waals surface area contributed by atoms with E-state index in [0.717, 1.165) is 55.4 Å². The van der Waals surface area contributed by atoms with Gasteiger partial charge in [0.2, 0.25) is 5.91 Å². The number of carbonyl (C=O) groups is 1.